The molecule has 0 bridgehead atoms. The Morgan fingerprint density at radius 3 is 2.50 bits per heavy atom. The van der Waals surface area contributed by atoms with Crippen molar-refractivity contribution in [1.82, 2.24) is 0 Å². The van der Waals surface area contributed by atoms with Crippen LogP contribution < -0.4 is 5.73 Å². The average Bonchev–Trinajstić information content (AvgIpc) is 2.18. The molecule has 3 nitrogen and oxygen atoms in total. The van der Waals surface area contributed by atoms with Crippen LogP contribution in [0.25, 0.3) is 0 Å². The molecule has 76 valence electrons. The van der Waals surface area contributed by atoms with Gasteiger partial charge in [0.15, 0.2) is 5.78 Å². The minimum atomic E-state index is -0.0729. The van der Waals surface area contributed by atoms with E-state index in [1.807, 2.05) is 6.92 Å². The Labute approximate surface area is 83.6 Å². The Hall–Kier alpha value is -1.35. The van der Waals surface area contributed by atoms with E-state index in [1.165, 1.54) is 12.1 Å². The zero-order valence-corrected chi connectivity index (χ0v) is 8.23. The number of phenols is 1. The summed E-state index contributed by atoms with van der Waals surface area (Å²) in [6, 6.07) is 6.16. The van der Waals surface area contributed by atoms with Crippen LogP contribution in [0.3, 0.4) is 0 Å². The molecule has 3 heteroatoms. The summed E-state index contributed by atoms with van der Waals surface area (Å²) in [5.74, 6) is 0.195. The first-order chi connectivity index (χ1) is 6.63. The van der Waals surface area contributed by atoms with Gasteiger partial charge in [-0.1, -0.05) is 6.92 Å². The smallest absolute Gasteiger partial charge is 0.164 e. The molecule has 1 aromatic rings. The summed E-state index contributed by atoms with van der Waals surface area (Å²) in [6.07, 6.45) is 1.16. The van der Waals surface area contributed by atoms with E-state index in [1.54, 1.807) is 12.1 Å². The molecule has 0 heterocycles. The van der Waals surface area contributed by atoms with Crippen molar-refractivity contribution < 1.29 is 9.90 Å². The van der Waals surface area contributed by atoms with Crippen molar-refractivity contribution in [3.63, 3.8) is 0 Å². The lowest BCUT2D eigenvalue weighted by Crippen LogP contribution is -2.22. The molecule has 1 aromatic carbocycles. The minimum Gasteiger partial charge on any atom is -0.508 e. The number of aromatic hydroxyl groups is 1. The molecule has 1 rings (SSSR count). The molecule has 14 heavy (non-hydrogen) atoms. The largest absolute Gasteiger partial charge is 0.508 e. The quantitative estimate of drug-likeness (QED) is 0.715. The van der Waals surface area contributed by atoms with E-state index < -0.39 is 0 Å². The number of carbonyl (C=O) groups excluding carboxylic acids is 1. The van der Waals surface area contributed by atoms with Crippen molar-refractivity contribution in [3.8, 4) is 5.75 Å². The molecule has 1 atom stereocenters. The lowest BCUT2D eigenvalue weighted by molar-refractivity contribution is 0.0974. The SMILES string of the molecule is CCC(N)CC(=O)c1ccc(O)cc1. The van der Waals surface area contributed by atoms with Crippen LogP contribution in [0.15, 0.2) is 24.3 Å². The van der Waals surface area contributed by atoms with Gasteiger partial charge in [0.1, 0.15) is 5.75 Å². The molecule has 1 unspecified atom stereocenters. The zero-order chi connectivity index (χ0) is 10.6. The van der Waals surface area contributed by atoms with Crippen molar-refractivity contribution >= 4 is 5.78 Å². The predicted octanol–water partition coefficient (Wildman–Crippen LogP) is 1.70. The van der Waals surface area contributed by atoms with Gasteiger partial charge in [0.25, 0.3) is 0 Å². The second-order valence-electron chi connectivity index (χ2n) is 3.34. The normalized spacial score (nSPS) is 12.4. The highest BCUT2D eigenvalue weighted by Gasteiger charge is 2.09. The predicted molar refractivity (Wildman–Crippen MR) is 55.3 cm³/mol. The van der Waals surface area contributed by atoms with Crippen LogP contribution in [0.1, 0.15) is 30.1 Å². The van der Waals surface area contributed by atoms with Gasteiger partial charge in [-0.2, -0.15) is 0 Å². The van der Waals surface area contributed by atoms with E-state index in [9.17, 15) is 4.79 Å². The highest BCUT2D eigenvalue weighted by atomic mass is 16.3. The molecule has 0 aliphatic rings. The van der Waals surface area contributed by atoms with Crippen LogP contribution in [0.4, 0.5) is 0 Å². The second kappa shape index (κ2) is 4.77. The Morgan fingerprint density at radius 2 is 2.00 bits per heavy atom. The zero-order valence-electron chi connectivity index (χ0n) is 8.23. The number of hydrogen-bond donors (Lipinski definition) is 2. The molecule has 0 aliphatic heterocycles. The Balaban J connectivity index is 2.65. The van der Waals surface area contributed by atoms with Crippen LogP contribution in [-0.2, 0) is 0 Å². The molecular formula is C11H15NO2. The fraction of sp³-hybridized carbons (Fsp3) is 0.364. The van der Waals surface area contributed by atoms with Crippen molar-refractivity contribution in [3.05, 3.63) is 29.8 Å². The summed E-state index contributed by atoms with van der Waals surface area (Å²) in [6.45, 7) is 1.95. The monoisotopic (exact) mass is 193 g/mol. The first kappa shape index (κ1) is 10.7. The van der Waals surface area contributed by atoms with Crippen molar-refractivity contribution in [1.29, 1.82) is 0 Å². The fourth-order valence-corrected chi connectivity index (χ4v) is 1.15. The lowest BCUT2D eigenvalue weighted by atomic mass is 10.0. The van der Waals surface area contributed by atoms with E-state index in [0.29, 0.717) is 12.0 Å². The number of benzene rings is 1. The van der Waals surface area contributed by atoms with E-state index in [4.69, 9.17) is 10.8 Å². The Kier molecular flexibility index (Phi) is 3.65. The summed E-state index contributed by atoms with van der Waals surface area (Å²) >= 11 is 0. The standard InChI is InChI=1S/C11H15NO2/c1-2-9(12)7-11(14)8-3-5-10(13)6-4-8/h3-6,9,13H,2,7,12H2,1H3. The van der Waals surface area contributed by atoms with Crippen LogP contribution in [-0.4, -0.2) is 16.9 Å². The molecule has 0 saturated carbocycles. The lowest BCUT2D eigenvalue weighted by Gasteiger charge is -2.07. The number of rotatable bonds is 4. The van der Waals surface area contributed by atoms with Crippen molar-refractivity contribution in [2.24, 2.45) is 5.73 Å². The maximum atomic E-state index is 11.6. The molecule has 3 N–H and O–H groups in total. The van der Waals surface area contributed by atoms with Gasteiger partial charge in [0, 0.05) is 18.0 Å². The van der Waals surface area contributed by atoms with Gasteiger partial charge in [-0.25, -0.2) is 0 Å². The van der Waals surface area contributed by atoms with Gasteiger partial charge in [0.05, 0.1) is 0 Å². The fourth-order valence-electron chi connectivity index (χ4n) is 1.15. The number of nitrogens with two attached hydrogens (primary N) is 1. The topological polar surface area (TPSA) is 63.3 Å². The number of hydrogen-bond acceptors (Lipinski definition) is 3. The third kappa shape index (κ3) is 2.85. The molecular weight excluding hydrogens is 178 g/mol. The van der Waals surface area contributed by atoms with Gasteiger partial charge in [0.2, 0.25) is 0 Å². The highest BCUT2D eigenvalue weighted by Crippen LogP contribution is 2.12. The maximum Gasteiger partial charge on any atom is 0.164 e. The van der Waals surface area contributed by atoms with Gasteiger partial charge in [-0.05, 0) is 30.7 Å². The average molecular weight is 193 g/mol. The summed E-state index contributed by atoms with van der Waals surface area (Å²) in [7, 11) is 0. The summed E-state index contributed by atoms with van der Waals surface area (Å²) in [4.78, 5) is 11.6. The van der Waals surface area contributed by atoms with E-state index in [-0.39, 0.29) is 17.6 Å². The molecule has 0 fully saturated rings. The van der Waals surface area contributed by atoms with Crippen LogP contribution in [0.5, 0.6) is 5.75 Å². The molecule has 0 spiro atoms. The van der Waals surface area contributed by atoms with E-state index in [0.717, 1.165) is 6.42 Å². The van der Waals surface area contributed by atoms with Crippen LogP contribution in [0, 0.1) is 0 Å². The first-order valence-electron chi connectivity index (χ1n) is 4.71. The van der Waals surface area contributed by atoms with Crippen LogP contribution >= 0.6 is 0 Å². The number of phenolic OH excluding ortho intramolecular Hbond substituents is 1. The molecule has 0 amide bonds. The van der Waals surface area contributed by atoms with Gasteiger partial charge in [-0.15, -0.1) is 0 Å². The number of Topliss-reactive ketones (excluding diaryl/α,β-unsaturated/α-hetero) is 1. The summed E-state index contributed by atoms with van der Waals surface area (Å²) in [5, 5.41) is 9.03. The van der Waals surface area contributed by atoms with Gasteiger partial charge < -0.3 is 10.8 Å². The summed E-state index contributed by atoms with van der Waals surface area (Å²) in [5.41, 5.74) is 6.27. The molecule has 0 saturated heterocycles. The Bertz CT molecular complexity index is 306. The maximum absolute atomic E-state index is 11.6. The van der Waals surface area contributed by atoms with Gasteiger partial charge in [-0.3, -0.25) is 4.79 Å². The third-order valence-corrected chi connectivity index (χ3v) is 2.16. The van der Waals surface area contributed by atoms with Gasteiger partial charge >= 0.3 is 0 Å². The van der Waals surface area contributed by atoms with Crippen molar-refractivity contribution in [2.75, 3.05) is 0 Å². The van der Waals surface area contributed by atoms with Crippen molar-refractivity contribution in [2.45, 2.75) is 25.8 Å². The summed E-state index contributed by atoms with van der Waals surface area (Å²) < 4.78 is 0. The highest BCUT2D eigenvalue weighted by molar-refractivity contribution is 5.96. The third-order valence-electron chi connectivity index (χ3n) is 2.16. The second-order valence-corrected chi connectivity index (χ2v) is 3.34. The Morgan fingerprint density at radius 1 is 1.43 bits per heavy atom. The minimum absolute atomic E-state index is 0.0272. The number of ketones is 1. The molecule has 0 aliphatic carbocycles. The molecule has 0 aromatic heterocycles. The molecule has 0 radical (unpaired) electrons. The number of carbonyl (C=O) groups is 1. The van der Waals surface area contributed by atoms with Crippen LogP contribution in [0.2, 0.25) is 0 Å². The first-order valence-corrected chi connectivity index (χ1v) is 4.71. The van der Waals surface area contributed by atoms with E-state index in [2.05, 4.69) is 0 Å². The van der Waals surface area contributed by atoms with E-state index >= 15 is 0 Å².